The first-order chi connectivity index (χ1) is 12.2. The molecule has 1 unspecified atom stereocenters. The highest BCUT2D eigenvalue weighted by molar-refractivity contribution is 5.62. The van der Waals surface area contributed by atoms with Gasteiger partial charge in [0.2, 0.25) is 11.8 Å². The molecule has 0 saturated carbocycles. The number of ether oxygens (including phenoxy) is 1. The number of hydrogen-bond acceptors (Lipinski definition) is 4. The standard InChI is InChI=1S/C21H26N4O/c1-11(2)18-17-20(25-24-18)26-19(23)16(10-22)21(17,12(3)4)15-8-13(5)7-14(6)9-15/h7-9,11-12H,23H2,1-6H3,(H,24,25). The number of benzene rings is 1. The van der Waals surface area contributed by atoms with Crippen LogP contribution in [0.15, 0.2) is 29.7 Å². The summed E-state index contributed by atoms with van der Waals surface area (Å²) in [4.78, 5) is 0. The fourth-order valence-corrected chi connectivity index (χ4v) is 4.23. The van der Waals surface area contributed by atoms with Crippen LogP contribution in [0.25, 0.3) is 0 Å². The van der Waals surface area contributed by atoms with Gasteiger partial charge >= 0.3 is 0 Å². The van der Waals surface area contributed by atoms with Crippen LogP contribution in [0.4, 0.5) is 0 Å². The number of allylic oxidation sites excluding steroid dienone is 1. The summed E-state index contributed by atoms with van der Waals surface area (Å²) in [5.41, 5.74) is 11.2. The Morgan fingerprint density at radius 1 is 1.15 bits per heavy atom. The van der Waals surface area contributed by atoms with Crippen LogP contribution in [-0.2, 0) is 5.41 Å². The number of nitrogens with one attached hydrogen (secondary N) is 1. The Morgan fingerprint density at radius 2 is 1.77 bits per heavy atom. The summed E-state index contributed by atoms with van der Waals surface area (Å²) < 4.78 is 5.75. The van der Waals surface area contributed by atoms with Gasteiger partial charge in [0.15, 0.2) is 0 Å². The Bertz CT molecular complexity index is 910. The molecule has 5 heteroatoms. The highest BCUT2D eigenvalue weighted by Crippen LogP contribution is 2.53. The Morgan fingerprint density at radius 3 is 2.27 bits per heavy atom. The van der Waals surface area contributed by atoms with Crippen molar-refractivity contribution in [3.8, 4) is 11.9 Å². The second kappa shape index (κ2) is 6.21. The second-order valence-electron chi connectivity index (χ2n) is 7.76. The molecule has 26 heavy (non-hydrogen) atoms. The predicted octanol–water partition coefficient (Wildman–Crippen LogP) is 4.18. The lowest BCUT2D eigenvalue weighted by atomic mass is 9.61. The van der Waals surface area contributed by atoms with Crippen molar-refractivity contribution < 1.29 is 4.74 Å². The molecule has 3 rings (SSSR count). The third-order valence-corrected chi connectivity index (χ3v) is 5.24. The van der Waals surface area contributed by atoms with Gasteiger partial charge in [0.1, 0.15) is 11.6 Å². The zero-order valence-corrected chi connectivity index (χ0v) is 16.3. The smallest absolute Gasteiger partial charge is 0.244 e. The van der Waals surface area contributed by atoms with E-state index in [9.17, 15) is 5.26 Å². The maximum Gasteiger partial charge on any atom is 0.244 e. The monoisotopic (exact) mass is 350 g/mol. The zero-order chi connectivity index (χ0) is 19.2. The molecule has 0 spiro atoms. The summed E-state index contributed by atoms with van der Waals surface area (Å²) >= 11 is 0. The van der Waals surface area contributed by atoms with Crippen LogP contribution in [0, 0.1) is 31.1 Å². The van der Waals surface area contributed by atoms with Crippen molar-refractivity contribution in [1.29, 1.82) is 5.26 Å². The molecule has 0 saturated heterocycles. The van der Waals surface area contributed by atoms with Gasteiger partial charge in [-0.3, -0.25) is 5.10 Å². The normalized spacial score (nSPS) is 19.5. The number of aromatic amines is 1. The maximum absolute atomic E-state index is 10.0. The van der Waals surface area contributed by atoms with E-state index in [0.717, 1.165) is 27.9 Å². The van der Waals surface area contributed by atoms with Crippen LogP contribution < -0.4 is 10.5 Å². The molecule has 1 aromatic heterocycles. The molecule has 1 atom stereocenters. The molecule has 0 bridgehead atoms. The lowest BCUT2D eigenvalue weighted by Crippen LogP contribution is -2.41. The van der Waals surface area contributed by atoms with Crippen LogP contribution in [-0.4, -0.2) is 10.2 Å². The number of nitrogens with zero attached hydrogens (tertiary/aromatic N) is 2. The van der Waals surface area contributed by atoms with E-state index < -0.39 is 5.41 Å². The summed E-state index contributed by atoms with van der Waals surface area (Å²) in [7, 11) is 0. The number of nitrogens with two attached hydrogens (primary N) is 1. The van der Waals surface area contributed by atoms with E-state index >= 15 is 0 Å². The van der Waals surface area contributed by atoms with Gasteiger partial charge in [0, 0.05) is 5.69 Å². The van der Waals surface area contributed by atoms with Crippen molar-refractivity contribution >= 4 is 0 Å². The van der Waals surface area contributed by atoms with Crippen LogP contribution in [0.3, 0.4) is 0 Å². The minimum Gasteiger partial charge on any atom is -0.420 e. The van der Waals surface area contributed by atoms with E-state index in [2.05, 4.69) is 76.0 Å². The first kappa shape index (κ1) is 18.1. The largest absolute Gasteiger partial charge is 0.420 e. The summed E-state index contributed by atoms with van der Waals surface area (Å²) in [6.45, 7) is 12.6. The Labute approximate surface area is 154 Å². The van der Waals surface area contributed by atoms with Gasteiger partial charge in [-0.1, -0.05) is 57.0 Å². The molecule has 0 aliphatic carbocycles. The fourth-order valence-electron chi connectivity index (χ4n) is 4.23. The first-order valence-electron chi connectivity index (χ1n) is 8.99. The van der Waals surface area contributed by atoms with Gasteiger partial charge in [0.25, 0.3) is 0 Å². The number of H-pyrrole nitrogens is 1. The van der Waals surface area contributed by atoms with Crippen molar-refractivity contribution in [2.45, 2.75) is 52.9 Å². The highest BCUT2D eigenvalue weighted by atomic mass is 16.5. The lowest BCUT2D eigenvalue weighted by molar-refractivity contribution is 0.322. The summed E-state index contributed by atoms with van der Waals surface area (Å²) in [5, 5.41) is 17.5. The second-order valence-corrected chi connectivity index (χ2v) is 7.76. The predicted molar refractivity (Wildman–Crippen MR) is 102 cm³/mol. The summed E-state index contributed by atoms with van der Waals surface area (Å²) in [6.07, 6.45) is 0. The van der Waals surface area contributed by atoms with Crippen LogP contribution >= 0.6 is 0 Å². The van der Waals surface area contributed by atoms with Crippen LogP contribution in [0.2, 0.25) is 0 Å². The Kier molecular flexibility index (Phi) is 4.31. The number of rotatable bonds is 3. The Hall–Kier alpha value is -2.74. The topological polar surface area (TPSA) is 87.7 Å². The van der Waals surface area contributed by atoms with Gasteiger partial charge < -0.3 is 10.5 Å². The van der Waals surface area contributed by atoms with E-state index in [-0.39, 0.29) is 17.7 Å². The molecule has 0 amide bonds. The molecule has 0 fully saturated rings. The molecular weight excluding hydrogens is 324 g/mol. The van der Waals surface area contributed by atoms with Crippen molar-refractivity contribution in [1.82, 2.24) is 10.2 Å². The van der Waals surface area contributed by atoms with E-state index in [1.165, 1.54) is 0 Å². The molecule has 2 heterocycles. The first-order valence-corrected chi connectivity index (χ1v) is 8.99. The lowest BCUT2D eigenvalue weighted by Gasteiger charge is -2.41. The number of hydrogen-bond donors (Lipinski definition) is 2. The van der Waals surface area contributed by atoms with Crippen molar-refractivity contribution in [3.05, 3.63) is 57.6 Å². The SMILES string of the molecule is Cc1cc(C)cc(C2(C(C)C)C(C#N)=C(N)Oc3n[nH]c(C(C)C)c32)c1. The van der Waals surface area contributed by atoms with E-state index in [1.54, 1.807) is 0 Å². The number of aromatic nitrogens is 2. The van der Waals surface area contributed by atoms with Crippen LogP contribution in [0.1, 0.15) is 61.6 Å². The van der Waals surface area contributed by atoms with Crippen molar-refractivity contribution in [2.75, 3.05) is 0 Å². The minimum absolute atomic E-state index is 0.0784. The van der Waals surface area contributed by atoms with Gasteiger partial charge in [-0.05, 0) is 31.2 Å². The third kappa shape index (κ3) is 2.40. The van der Waals surface area contributed by atoms with Gasteiger partial charge in [0.05, 0.1) is 11.0 Å². The van der Waals surface area contributed by atoms with Gasteiger partial charge in [-0.25, -0.2) is 0 Å². The zero-order valence-electron chi connectivity index (χ0n) is 16.3. The minimum atomic E-state index is -0.699. The molecule has 0 radical (unpaired) electrons. The Balaban J connectivity index is 2.50. The average Bonchev–Trinajstić information content (AvgIpc) is 2.95. The van der Waals surface area contributed by atoms with Crippen molar-refractivity contribution in [3.63, 3.8) is 0 Å². The fraction of sp³-hybridized carbons (Fsp3) is 0.429. The van der Waals surface area contributed by atoms with E-state index in [1.807, 2.05) is 0 Å². The third-order valence-electron chi connectivity index (χ3n) is 5.24. The maximum atomic E-state index is 10.0. The van der Waals surface area contributed by atoms with E-state index in [4.69, 9.17) is 10.5 Å². The van der Waals surface area contributed by atoms with Crippen molar-refractivity contribution in [2.24, 2.45) is 11.7 Å². The van der Waals surface area contributed by atoms with Gasteiger partial charge in [-0.15, -0.1) is 5.10 Å². The molecular formula is C21H26N4O. The van der Waals surface area contributed by atoms with Gasteiger partial charge in [-0.2, -0.15) is 5.26 Å². The summed E-state index contributed by atoms with van der Waals surface area (Å²) in [6, 6.07) is 8.77. The molecule has 2 aromatic rings. The number of fused-ring (bicyclic) bond motifs is 1. The molecule has 136 valence electrons. The summed E-state index contributed by atoms with van der Waals surface area (Å²) in [5.74, 6) is 0.889. The highest BCUT2D eigenvalue weighted by Gasteiger charge is 2.51. The number of nitriles is 1. The molecule has 1 aliphatic rings. The van der Waals surface area contributed by atoms with E-state index in [0.29, 0.717) is 11.5 Å². The average molecular weight is 350 g/mol. The molecule has 5 nitrogen and oxygen atoms in total. The number of aryl methyl sites for hydroxylation is 2. The van der Waals surface area contributed by atoms with Crippen LogP contribution in [0.5, 0.6) is 5.88 Å². The molecule has 3 N–H and O–H groups in total. The molecule has 1 aromatic carbocycles. The molecule has 1 aliphatic heterocycles. The quantitative estimate of drug-likeness (QED) is 0.869.